The molecule has 2 rings (SSSR count). The van der Waals surface area contributed by atoms with Crippen LogP contribution in [0.2, 0.25) is 0 Å². The fraction of sp³-hybridized carbons (Fsp3) is 1.00. The summed E-state index contributed by atoms with van der Waals surface area (Å²) in [5, 5.41) is 0. The third kappa shape index (κ3) is 0.703. The van der Waals surface area contributed by atoms with E-state index in [2.05, 4.69) is 32.6 Å². The van der Waals surface area contributed by atoms with Gasteiger partial charge in [0.1, 0.15) is 0 Å². The Bertz CT molecular complexity index is 185. The predicted molar refractivity (Wildman–Crippen MR) is 47.6 cm³/mol. The molecule has 11 heavy (non-hydrogen) atoms. The third-order valence-corrected chi connectivity index (χ3v) is 4.27. The Labute approximate surface area is 69.8 Å². The van der Waals surface area contributed by atoms with Gasteiger partial charge in [-0.3, -0.25) is 4.90 Å². The van der Waals surface area contributed by atoms with Gasteiger partial charge < -0.3 is 0 Å². The van der Waals surface area contributed by atoms with Crippen molar-refractivity contribution in [2.45, 2.75) is 52.1 Å². The summed E-state index contributed by atoms with van der Waals surface area (Å²) in [5.74, 6) is 0. The molecule has 1 nitrogen and oxygen atoms in total. The van der Waals surface area contributed by atoms with Crippen molar-refractivity contribution in [3.8, 4) is 0 Å². The van der Waals surface area contributed by atoms with Gasteiger partial charge in [-0.05, 0) is 32.1 Å². The van der Waals surface area contributed by atoms with Gasteiger partial charge in [0.15, 0.2) is 0 Å². The van der Waals surface area contributed by atoms with Gasteiger partial charge in [-0.25, -0.2) is 0 Å². The maximum absolute atomic E-state index is 2.67. The first-order chi connectivity index (χ1) is 4.97. The highest BCUT2D eigenvalue weighted by Crippen LogP contribution is 2.54. The molecule has 64 valence electrons. The minimum atomic E-state index is 0.534. The van der Waals surface area contributed by atoms with Gasteiger partial charge in [-0.2, -0.15) is 0 Å². The zero-order valence-electron chi connectivity index (χ0n) is 8.15. The van der Waals surface area contributed by atoms with E-state index in [1.54, 1.807) is 0 Å². The summed E-state index contributed by atoms with van der Waals surface area (Å²) in [5.41, 5.74) is 1.08. The number of hydrogen-bond donors (Lipinski definition) is 0. The Morgan fingerprint density at radius 3 is 2.09 bits per heavy atom. The molecule has 1 heteroatoms. The molecule has 2 heterocycles. The molecule has 0 aliphatic carbocycles. The highest BCUT2D eigenvalue weighted by Gasteiger charge is 2.58. The van der Waals surface area contributed by atoms with Crippen LogP contribution >= 0.6 is 0 Å². The van der Waals surface area contributed by atoms with Crippen LogP contribution in [0.15, 0.2) is 0 Å². The van der Waals surface area contributed by atoms with Crippen molar-refractivity contribution in [1.29, 1.82) is 0 Å². The van der Waals surface area contributed by atoms with E-state index in [4.69, 9.17) is 0 Å². The average molecular weight is 153 g/mol. The van der Waals surface area contributed by atoms with E-state index in [1.807, 2.05) is 0 Å². The van der Waals surface area contributed by atoms with E-state index < -0.39 is 0 Å². The number of fused-ring (bicyclic) bond motifs is 1. The molecule has 2 aliphatic rings. The van der Waals surface area contributed by atoms with Crippen molar-refractivity contribution in [3.63, 3.8) is 0 Å². The molecule has 0 aromatic carbocycles. The molecule has 0 spiro atoms. The van der Waals surface area contributed by atoms with Crippen molar-refractivity contribution < 1.29 is 0 Å². The summed E-state index contributed by atoms with van der Waals surface area (Å²) in [6, 6.07) is 0.823. The normalized spacial score (nSPS) is 48.5. The summed E-state index contributed by atoms with van der Waals surface area (Å²) in [4.78, 5) is 2.67. The second-order valence-corrected chi connectivity index (χ2v) is 5.15. The van der Waals surface area contributed by atoms with Crippen LogP contribution in [-0.2, 0) is 0 Å². The first-order valence-electron chi connectivity index (χ1n) is 4.74. The van der Waals surface area contributed by atoms with Crippen LogP contribution in [0.25, 0.3) is 0 Å². The van der Waals surface area contributed by atoms with Crippen LogP contribution in [0.1, 0.15) is 40.5 Å². The Morgan fingerprint density at radius 2 is 1.91 bits per heavy atom. The van der Waals surface area contributed by atoms with Gasteiger partial charge in [-0.15, -0.1) is 0 Å². The van der Waals surface area contributed by atoms with Crippen molar-refractivity contribution >= 4 is 0 Å². The Balaban J connectivity index is 2.30. The molecule has 2 aliphatic heterocycles. The first-order valence-corrected chi connectivity index (χ1v) is 4.74. The summed E-state index contributed by atoms with van der Waals surface area (Å²) >= 11 is 0. The molecule has 0 saturated carbocycles. The van der Waals surface area contributed by atoms with E-state index in [9.17, 15) is 0 Å². The minimum Gasteiger partial charge on any atom is -0.295 e. The summed E-state index contributed by atoms with van der Waals surface area (Å²) in [6.45, 7) is 11.0. The average Bonchev–Trinajstić information content (AvgIpc) is 1.89. The van der Waals surface area contributed by atoms with Crippen molar-refractivity contribution in [3.05, 3.63) is 0 Å². The standard InChI is InChI=1S/C10H19N/c1-8-7-9(2,3)10(4)5-6-11(8)10/h8H,5-7H2,1-4H3. The smallest absolute Gasteiger partial charge is 0.0247 e. The zero-order chi connectivity index (χ0) is 8.28. The van der Waals surface area contributed by atoms with Gasteiger partial charge in [0.05, 0.1) is 0 Å². The fourth-order valence-electron chi connectivity index (χ4n) is 3.08. The van der Waals surface area contributed by atoms with Gasteiger partial charge >= 0.3 is 0 Å². The molecule has 2 unspecified atom stereocenters. The Kier molecular flexibility index (Phi) is 1.26. The molecular formula is C10H19N. The highest BCUT2D eigenvalue weighted by molar-refractivity contribution is 5.13. The third-order valence-electron chi connectivity index (χ3n) is 4.27. The van der Waals surface area contributed by atoms with Crippen LogP contribution in [0.3, 0.4) is 0 Å². The van der Waals surface area contributed by atoms with Crippen LogP contribution < -0.4 is 0 Å². The predicted octanol–water partition coefficient (Wildman–Crippen LogP) is 2.27. The highest BCUT2D eigenvalue weighted by atomic mass is 15.3. The lowest BCUT2D eigenvalue weighted by atomic mass is 9.69. The van der Waals surface area contributed by atoms with Crippen molar-refractivity contribution in [1.82, 2.24) is 4.90 Å². The SMILES string of the molecule is CC1CC(C)(C)C2(C)CCN12. The zero-order valence-corrected chi connectivity index (χ0v) is 8.15. The number of hydrogen-bond acceptors (Lipinski definition) is 1. The lowest BCUT2D eigenvalue weighted by Gasteiger charge is -2.53. The van der Waals surface area contributed by atoms with Crippen LogP contribution in [0.5, 0.6) is 0 Å². The van der Waals surface area contributed by atoms with Crippen LogP contribution in [0, 0.1) is 5.41 Å². The number of nitrogens with zero attached hydrogens (tertiary/aromatic N) is 1. The molecule has 2 fully saturated rings. The summed E-state index contributed by atoms with van der Waals surface area (Å²) in [6.07, 6.45) is 2.79. The Morgan fingerprint density at radius 1 is 1.27 bits per heavy atom. The van der Waals surface area contributed by atoms with Crippen molar-refractivity contribution in [2.24, 2.45) is 5.41 Å². The topological polar surface area (TPSA) is 3.24 Å². The molecule has 0 N–H and O–H groups in total. The summed E-state index contributed by atoms with van der Waals surface area (Å²) in [7, 11) is 0. The molecule has 2 saturated heterocycles. The Hall–Kier alpha value is -0.0400. The maximum Gasteiger partial charge on any atom is 0.0247 e. The second kappa shape index (κ2) is 1.82. The molecule has 0 bridgehead atoms. The van der Waals surface area contributed by atoms with Crippen LogP contribution in [-0.4, -0.2) is 23.0 Å². The molecule has 0 aromatic heterocycles. The fourth-order valence-corrected chi connectivity index (χ4v) is 3.08. The van der Waals surface area contributed by atoms with E-state index in [0.29, 0.717) is 11.0 Å². The molecule has 0 radical (unpaired) electrons. The molecule has 2 atom stereocenters. The van der Waals surface area contributed by atoms with Crippen molar-refractivity contribution in [2.75, 3.05) is 6.54 Å². The van der Waals surface area contributed by atoms with E-state index in [-0.39, 0.29) is 0 Å². The number of rotatable bonds is 0. The molecule has 0 aromatic rings. The lowest BCUT2D eigenvalue weighted by Crippen LogP contribution is -2.60. The lowest BCUT2D eigenvalue weighted by molar-refractivity contribution is -0.0345. The minimum absolute atomic E-state index is 0.534. The molecular weight excluding hydrogens is 134 g/mol. The largest absolute Gasteiger partial charge is 0.295 e. The second-order valence-electron chi connectivity index (χ2n) is 5.15. The van der Waals surface area contributed by atoms with Gasteiger partial charge in [0.2, 0.25) is 0 Å². The van der Waals surface area contributed by atoms with E-state index in [0.717, 1.165) is 6.04 Å². The van der Waals surface area contributed by atoms with Crippen LogP contribution in [0.4, 0.5) is 0 Å². The van der Waals surface area contributed by atoms with Gasteiger partial charge in [0, 0.05) is 18.1 Å². The quantitative estimate of drug-likeness (QED) is 0.516. The van der Waals surface area contributed by atoms with Gasteiger partial charge in [0.25, 0.3) is 0 Å². The van der Waals surface area contributed by atoms with E-state index >= 15 is 0 Å². The van der Waals surface area contributed by atoms with Gasteiger partial charge in [-0.1, -0.05) is 13.8 Å². The van der Waals surface area contributed by atoms with E-state index in [1.165, 1.54) is 19.4 Å². The maximum atomic E-state index is 2.67. The summed E-state index contributed by atoms with van der Waals surface area (Å²) < 4.78 is 0. The monoisotopic (exact) mass is 153 g/mol. The first kappa shape index (κ1) is 7.60. The molecule has 0 amide bonds.